The SMILES string of the molecule is CCOc1c(Cl)cc(Cl)cc1CN[C@H](C)c1ccccc1. The molecule has 21 heavy (non-hydrogen) atoms. The molecule has 0 fully saturated rings. The lowest BCUT2D eigenvalue weighted by Gasteiger charge is -2.17. The topological polar surface area (TPSA) is 21.3 Å². The first-order valence-electron chi connectivity index (χ1n) is 7.01. The van der Waals surface area contributed by atoms with Gasteiger partial charge < -0.3 is 10.1 Å². The Hall–Kier alpha value is -1.22. The fraction of sp³-hybridized carbons (Fsp3) is 0.294. The Kier molecular flexibility index (Phi) is 5.92. The van der Waals surface area contributed by atoms with Crippen LogP contribution in [0.15, 0.2) is 42.5 Å². The van der Waals surface area contributed by atoms with E-state index in [2.05, 4.69) is 24.4 Å². The Morgan fingerprint density at radius 1 is 1.14 bits per heavy atom. The number of ether oxygens (including phenoxy) is 1. The van der Waals surface area contributed by atoms with Crippen LogP contribution in [0.3, 0.4) is 0 Å². The number of nitrogens with one attached hydrogen (secondary N) is 1. The van der Waals surface area contributed by atoms with Gasteiger partial charge in [-0.05, 0) is 31.5 Å². The molecule has 1 N–H and O–H groups in total. The van der Waals surface area contributed by atoms with Crippen molar-refractivity contribution in [2.45, 2.75) is 26.4 Å². The van der Waals surface area contributed by atoms with E-state index in [0.717, 1.165) is 5.56 Å². The zero-order chi connectivity index (χ0) is 15.2. The molecular weight excluding hydrogens is 305 g/mol. The summed E-state index contributed by atoms with van der Waals surface area (Å²) in [6, 6.07) is 14.1. The van der Waals surface area contributed by atoms with Crippen LogP contribution < -0.4 is 10.1 Å². The molecule has 0 saturated heterocycles. The van der Waals surface area contributed by atoms with Crippen LogP contribution in [0.1, 0.15) is 31.0 Å². The molecular formula is C17H19Cl2NO. The minimum atomic E-state index is 0.235. The Balaban J connectivity index is 2.12. The molecule has 2 nitrogen and oxygen atoms in total. The van der Waals surface area contributed by atoms with Gasteiger partial charge in [0.15, 0.2) is 0 Å². The maximum Gasteiger partial charge on any atom is 0.142 e. The fourth-order valence-electron chi connectivity index (χ4n) is 2.17. The Labute approximate surface area is 136 Å². The molecule has 0 aliphatic heterocycles. The zero-order valence-electron chi connectivity index (χ0n) is 12.2. The number of benzene rings is 2. The molecule has 0 heterocycles. The van der Waals surface area contributed by atoms with Gasteiger partial charge in [0.05, 0.1) is 11.6 Å². The molecule has 0 spiro atoms. The van der Waals surface area contributed by atoms with Gasteiger partial charge >= 0.3 is 0 Å². The second kappa shape index (κ2) is 7.69. The first kappa shape index (κ1) is 16.2. The van der Waals surface area contributed by atoms with Crippen LogP contribution in [0.25, 0.3) is 0 Å². The van der Waals surface area contributed by atoms with Crippen molar-refractivity contribution in [2.75, 3.05) is 6.61 Å². The van der Waals surface area contributed by atoms with E-state index in [1.807, 2.05) is 31.2 Å². The first-order chi connectivity index (χ1) is 10.1. The second-order valence-electron chi connectivity index (χ2n) is 4.82. The Bertz CT molecular complexity index is 587. The molecule has 0 aliphatic rings. The largest absolute Gasteiger partial charge is 0.492 e. The van der Waals surface area contributed by atoms with Gasteiger partial charge in [-0.2, -0.15) is 0 Å². The van der Waals surface area contributed by atoms with Crippen LogP contribution in [-0.4, -0.2) is 6.61 Å². The van der Waals surface area contributed by atoms with Crippen LogP contribution in [0.4, 0.5) is 0 Å². The molecule has 0 bridgehead atoms. The lowest BCUT2D eigenvalue weighted by molar-refractivity contribution is 0.335. The monoisotopic (exact) mass is 323 g/mol. The van der Waals surface area contributed by atoms with Gasteiger partial charge in [0.25, 0.3) is 0 Å². The molecule has 2 aromatic rings. The van der Waals surface area contributed by atoms with Crippen LogP contribution in [-0.2, 0) is 6.54 Å². The van der Waals surface area contributed by atoms with E-state index < -0.39 is 0 Å². The zero-order valence-corrected chi connectivity index (χ0v) is 13.7. The van der Waals surface area contributed by atoms with Gasteiger partial charge in [-0.1, -0.05) is 53.5 Å². The van der Waals surface area contributed by atoms with Gasteiger partial charge in [-0.15, -0.1) is 0 Å². The Morgan fingerprint density at radius 2 is 1.86 bits per heavy atom. The van der Waals surface area contributed by atoms with Crippen molar-refractivity contribution in [1.29, 1.82) is 0 Å². The van der Waals surface area contributed by atoms with Crippen molar-refractivity contribution in [3.05, 3.63) is 63.6 Å². The third-order valence-corrected chi connectivity index (χ3v) is 3.77. The smallest absolute Gasteiger partial charge is 0.142 e. The summed E-state index contributed by atoms with van der Waals surface area (Å²) in [5.74, 6) is 0.705. The van der Waals surface area contributed by atoms with E-state index in [1.54, 1.807) is 6.07 Å². The molecule has 0 saturated carbocycles. The van der Waals surface area contributed by atoms with E-state index in [9.17, 15) is 0 Å². The van der Waals surface area contributed by atoms with Gasteiger partial charge in [0.2, 0.25) is 0 Å². The number of hydrogen-bond acceptors (Lipinski definition) is 2. The van der Waals surface area contributed by atoms with E-state index in [4.69, 9.17) is 27.9 Å². The van der Waals surface area contributed by atoms with Crippen molar-refractivity contribution >= 4 is 23.2 Å². The molecule has 0 amide bonds. The van der Waals surface area contributed by atoms with Gasteiger partial charge in [-0.25, -0.2) is 0 Å². The van der Waals surface area contributed by atoms with Crippen LogP contribution in [0, 0.1) is 0 Å². The molecule has 0 radical (unpaired) electrons. The van der Waals surface area contributed by atoms with Crippen LogP contribution >= 0.6 is 23.2 Å². The summed E-state index contributed by atoms with van der Waals surface area (Å²) in [5, 5.41) is 4.64. The third-order valence-electron chi connectivity index (χ3n) is 3.27. The van der Waals surface area contributed by atoms with Crippen molar-refractivity contribution in [3.63, 3.8) is 0 Å². The molecule has 112 valence electrons. The van der Waals surface area contributed by atoms with Crippen LogP contribution in [0.2, 0.25) is 10.0 Å². The molecule has 2 aromatic carbocycles. The Morgan fingerprint density at radius 3 is 2.52 bits per heavy atom. The van der Waals surface area contributed by atoms with Crippen molar-refractivity contribution in [1.82, 2.24) is 5.32 Å². The molecule has 4 heteroatoms. The summed E-state index contributed by atoms with van der Waals surface area (Å²) in [5.41, 5.74) is 2.21. The average molecular weight is 324 g/mol. The van der Waals surface area contributed by atoms with Gasteiger partial charge in [0.1, 0.15) is 5.75 Å². The molecule has 1 atom stereocenters. The normalized spacial score (nSPS) is 12.2. The lowest BCUT2D eigenvalue weighted by Crippen LogP contribution is -2.18. The van der Waals surface area contributed by atoms with Crippen molar-refractivity contribution < 1.29 is 4.74 Å². The molecule has 0 aromatic heterocycles. The van der Waals surface area contributed by atoms with Crippen molar-refractivity contribution in [2.24, 2.45) is 0 Å². The lowest BCUT2D eigenvalue weighted by atomic mass is 10.1. The second-order valence-corrected chi connectivity index (χ2v) is 5.67. The molecule has 2 rings (SSSR count). The van der Waals surface area contributed by atoms with Gasteiger partial charge in [-0.3, -0.25) is 0 Å². The fourth-order valence-corrected chi connectivity index (χ4v) is 2.76. The highest BCUT2D eigenvalue weighted by Crippen LogP contribution is 2.32. The maximum atomic E-state index is 6.21. The predicted octanol–water partition coefficient (Wildman–Crippen LogP) is 5.24. The van der Waals surface area contributed by atoms with E-state index in [0.29, 0.717) is 28.9 Å². The highest BCUT2D eigenvalue weighted by atomic mass is 35.5. The summed E-state index contributed by atoms with van der Waals surface area (Å²) in [4.78, 5) is 0. The van der Waals surface area contributed by atoms with E-state index in [-0.39, 0.29) is 6.04 Å². The minimum absolute atomic E-state index is 0.235. The highest BCUT2D eigenvalue weighted by molar-refractivity contribution is 6.35. The highest BCUT2D eigenvalue weighted by Gasteiger charge is 2.12. The minimum Gasteiger partial charge on any atom is -0.492 e. The summed E-state index contributed by atoms with van der Waals surface area (Å²) >= 11 is 12.3. The summed E-state index contributed by atoms with van der Waals surface area (Å²) in [7, 11) is 0. The summed E-state index contributed by atoms with van der Waals surface area (Å²) < 4.78 is 5.63. The van der Waals surface area contributed by atoms with E-state index in [1.165, 1.54) is 5.56 Å². The van der Waals surface area contributed by atoms with Gasteiger partial charge in [0, 0.05) is 23.2 Å². The molecule has 0 aliphatic carbocycles. The predicted molar refractivity (Wildman–Crippen MR) is 89.3 cm³/mol. The van der Waals surface area contributed by atoms with E-state index >= 15 is 0 Å². The quantitative estimate of drug-likeness (QED) is 0.784. The maximum absolute atomic E-state index is 6.21. The standard InChI is InChI=1S/C17H19Cl2NO/c1-3-21-17-14(9-15(18)10-16(17)19)11-20-12(2)13-7-5-4-6-8-13/h4-10,12,20H,3,11H2,1-2H3/t12-/m1/s1. The molecule has 0 unspecified atom stereocenters. The summed E-state index contributed by atoms with van der Waals surface area (Å²) in [6.45, 7) is 5.28. The van der Waals surface area contributed by atoms with Crippen molar-refractivity contribution in [3.8, 4) is 5.75 Å². The number of rotatable bonds is 6. The number of hydrogen-bond donors (Lipinski definition) is 1. The third kappa shape index (κ3) is 4.37. The first-order valence-corrected chi connectivity index (χ1v) is 7.76. The van der Waals surface area contributed by atoms with Crippen LogP contribution in [0.5, 0.6) is 5.75 Å². The summed E-state index contributed by atoms with van der Waals surface area (Å²) in [6.07, 6.45) is 0. The number of halogens is 2. The average Bonchev–Trinajstić information content (AvgIpc) is 2.48.